The van der Waals surface area contributed by atoms with E-state index < -0.39 is 0 Å². The second-order valence-electron chi connectivity index (χ2n) is 4.48. The Morgan fingerprint density at radius 3 is 2.53 bits per heavy atom. The number of hydrogen-bond donors (Lipinski definition) is 1. The van der Waals surface area contributed by atoms with E-state index in [2.05, 4.69) is 0 Å². The monoisotopic (exact) mass is 259 g/mol. The lowest BCUT2D eigenvalue weighted by molar-refractivity contribution is 0.0520. The minimum atomic E-state index is -0.261. The van der Waals surface area contributed by atoms with Gasteiger partial charge in [-0.2, -0.15) is 0 Å². The maximum atomic E-state index is 13.2. The van der Waals surface area contributed by atoms with Crippen LogP contribution in [0.1, 0.15) is 29.7 Å². The molecule has 0 aliphatic carbocycles. The molecular formula is C16H18FNO. The number of benzene rings is 2. The van der Waals surface area contributed by atoms with Crippen molar-refractivity contribution in [1.29, 1.82) is 0 Å². The normalized spacial score (nSPS) is 12.4. The van der Waals surface area contributed by atoms with E-state index in [0.29, 0.717) is 13.2 Å². The Morgan fingerprint density at radius 2 is 1.84 bits per heavy atom. The third-order valence-electron chi connectivity index (χ3n) is 3.15. The Morgan fingerprint density at radius 1 is 1.11 bits per heavy atom. The van der Waals surface area contributed by atoms with Crippen LogP contribution in [-0.4, -0.2) is 0 Å². The Bertz CT molecular complexity index is 528. The molecule has 0 spiro atoms. The smallest absolute Gasteiger partial charge is 0.123 e. The van der Waals surface area contributed by atoms with E-state index >= 15 is 0 Å². The largest absolute Gasteiger partial charge is 0.369 e. The fourth-order valence-corrected chi connectivity index (χ4v) is 1.96. The molecule has 2 aromatic rings. The van der Waals surface area contributed by atoms with Gasteiger partial charge < -0.3 is 10.5 Å². The Kier molecular flexibility index (Phi) is 4.66. The number of nitrogens with two attached hydrogens (primary N) is 1. The van der Waals surface area contributed by atoms with Crippen LogP contribution in [-0.2, 0) is 17.9 Å². The second kappa shape index (κ2) is 6.45. The predicted molar refractivity (Wildman–Crippen MR) is 73.9 cm³/mol. The van der Waals surface area contributed by atoms with Crippen LogP contribution >= 0.6 is 0 Å². The zero-order chi connectivity index (χ0) is 13.7. The van der Waals surface area contributed by atoms with E-state index in [1.165, 1.54) is 12.1 Å². The first-order valence-corrected chi connectivity index (χ1v) is 6.34. The van der Waals surface area contributed by atoms with E-state index in [1.54, 1.807) is 6.07 Å². The highest BCUT2D eigenvalue weighted by Gasteiger charge is 2.08. The molecule has 0 saturated carbocycles. The van der Waals surface area contributed by atoms with E-state index in [0.717, 1.165) is 16.7 Å². The highest BCUT2D eigenvalue weighted by Crippen LogP contribution is 2.20. The van der Waals surface area contributed by atoms with Gasteiger partial charge in [-0.25, -0.2) is 4.39 Å². The van der Waals surface area contributed by atoms with Crippen LogP contribution in [0.25, 0.3) is 0 Å². The summed E-state index contributed by atoms with van der Waals surface area (Å²) in [4.78, 5) is 0. The molecule has 19 heavy (non-hydrogen) atoms. The molecule has 0 aliphatic rings. The third kappa shape index (κ3) is 3.63. The van der Waals surface area contributed by atoms with Gasteiger partial charge in [-0.1, -0.05) is 36.4 Å². The Hall–Kier alpha value is -1.71. The molecule has 2 rings (SSSR count). The molecule has 2 N–H and O–H groups in total. The van der Waals surface area contributed by atoms with Gasteiger partial charge in [0.2, 0.25) is 0 Å². The average Bonchev–Trinajstić information content (AvgIpc) is 2.46. The number of ether oxygens (including phenoxy) is 1. The van der Waals surface area contributed by atoms with E-state index in [1.807, 2.05) is 37.3 Å². The van der Waals surface area contributed by atoms with Crippen LogP contribution in [0.15, 0.2) is 48.5 Å². The lowest BCUT2D eigenvalue weighted by atomic mass is 10.1. The summed E-state index contributed by atoms with van der Waals surface area (Å²) in [5.74, 6) is -0.261. The molecule has 3 heteroatoms. The van der Waals surface area contributed by atoms with Gasteiger partial charge in [0.1, 0.15) is 5.82 Å². The fraction of sp³-hybridized carbons (Fsp3) is 0.250. The molecule has 1 atom stereocenters. The van der Waals surface area contributed by atoms with Gasteiger partial charge in [0.15, 0.2) is 0 Å². The van der Waals surface area contributed by atoms with Crippen molar-refractivity contribution in [2.45, 2.75) is 26.2 Å². The summed E-state index contributed by atoms with van der Waals surface area (Å²) in [6, 6.07) is 14.6. The van der Waals surface area contributed by atoms with E-state index in [9.17, 15) is 4.39 Å². The molecule has 0 heterocycles. The number of hydrogen-bond acceptors (Lipinski definition) is 2. The van der Waals surface area contributed by atoms with E-state index in [-0.39, 0.29) is 11.9 Å². The summed E-state index contributed by atoms with van der Waals surface area (Å²) in [6.07, 6.45) is -0.0323. The SMILES string of the molecule is CC(OCc1cc(F)ccc1CN)c1ccccc1. The minimum absolute atomic E-state index is 0.0323. The topological polar surface area (TPSA) is 35.2 Å². The van der Waals surface area contributed by atoms with Crippen molar-refractivity contribution in [2.24, 2.45) is 5.73 Å². The summed E-state index contributed by atoms with van der Waals surface area (Å²) in [7, 11) is 0. The van der Waals surface area contributed by atoms with Crippen LogP contribution in [0.3, 0.4) is 0 Å². The van der Waals surface area contributed by atoms with Gasteiger partial charge in [-0.15, -0.1) is 0 Å². The van der Waals surface area contributed by atoms with Crippen molar-refractivity contribution < 1.29 is 9.13 Å². The number of halogens is 1. The first kappa shape index (κ1) is 13.7. The van der Waals surface area contributed by atoms with Crippen molar-refractivity contribution in [3.8, 4) is 0 Å². The number of rotatable bonds is 5. The van der Waals surface area contributed by atoms with Crippen LogP contribution in [0, 0.1) is 5.82 Å². The summed E-state index contributed by atoms with van der Waals surface area (Å²) in [5.41, 5.74) is 8.47. The summed E-state index contributed by atoms with van der Waals surface area (Å²) >= 11 is 0. The first-order valence-electron chi connectivity index (χ1n) is 6.34. The lowest BCUT2D eigenvalue weighted by Crippen LogP contribution is -2.06. The van der Waals surface area contributed by atoms with E-state index in [4.69, 9.17) is 10.5 Å². The van der Waals surface area contributed by atoms with Gasteiger partial charge in [-0.3, -0.25) is 0 Å². The van der Waals surface area contributed by atoms with Crippen LogP contribution in [0.4, 0.5) is 4.39 Å². The summed E-state index contributed by atoms with van der Waals surface area (Å²) in [6.45, 7) is 2.73. The molecule has 2 nitrogen and oxygen atoms in total. The van der Waals surface area contributed by atoms with Crippen LogP contribution in [0.2, 0.25) is 0 Å². The van der Waals surface area contributed by atoms with Gasteiger partial charge in [0.25, 0.3) is 0 Å². The highest BCUT2D eigenvalue weighted by atomic mass is 19.1. The van der Waals surface area contributed by atoms with Crippen molar-refractivity contribution in [1.82, 2.24) is 0 Å². The third-order valence-corrected chi connectivity index (χ3v) is 3.15. The molecule has 0 aliphatic heterocycles. The second-order valence-corrected chi connectivity index (χ2v) is 4.48. The molecule has 0 saturated heterocycles. The van der Waals surface area contributed by atoms with Crippen molar-refractivity contribution >= 4 is 0 Å². The molecule has 0 amide bonds. The Balaban J connectivity index is 2.04. The molecular weight excluding hydrogens is 241 g/mol. The van der Waals surface area contributed by atoms with Crippen molar-refractivity contribution in [2.75, 3.05) is 0 Å². The van der Waals surface area contributed by atoms with Gasteiger partial charge >= 0.3 is 0 Å². The average molecular weight is 259 g/mol. The van der Waals surface area contributed by atoms with Gasteiger partial charge in [0, 0.05) is 6.54 Å². The van der Waals surface area contributed by atoms with Crippen LogP contribution in [0.5, 0.6) is 0 Å². The zero-order valence-electron chi connectivity index (χ0n) is 11.0. The quantitative estimate of drug-likeness (QED) is 0.891. The van der Waals surface area contributed by atoms with Crippen molar-refractivity contribution in [3.05, 3.63) is 71.0 Å². The molecule has 0 aromatic heterocycles. The molecule has 0 radical (unpaired) electrons. The molecule has 0 fully saturated rings. The highest BCUT2D eigenvalue weighted by molar-refractivity contribution is 5.27. The van der Waals surface area contributed by atoms with Gasteiger partial charge in [0.05, 0.1) is 12.7 Å². The first-order chi connectivity index (χ1) is 9.20. The van der Waals surface area contributed by atoms with Crippen molar-refractivity contribution in [3.63, 3.8) is 0 Å². The van der Waals surface area contributed by atoms with Crippen LogP contribution < -0.4 is 5.73 Å². The maximum Gasteiger partial charge on any atom is 0.123 e. The summed E-state index contributed by atoms with van der Waals surface area (Å²) in [5, 5.41) is 0. The molecule has 1 unspecified atom stereocenters. The lowest BCUT2D eigenvalue weighted by Gasteiger charge is -2.15. The fourth-order valence-electron chi connectivity index (χ4n) is 1.96. The standard InChI is InChI=1S/C16H18FNO/c1-12(13-5-3-2-4-6-13)19-11-15-9-16(17)8-7-14(15)10-18/h2-9,12H,10-11,18H2,1H3. The Labute approximate surface area is 113 Å². The molecule has 0 bridgehead atoms. The molecule has 2 aromatic carbocycles. The predicted octanol–water partition coefficient (Wildman–Crippen LogP) is 3.56. The molecule has 100 valence electrons. The van der Waals surface area contributed by atoms with Gasteiger partial charge in [-0.05, 0) is 35.7 Å². The zero-order valence-corrected chi connectivity index (χ0v) is 11.0. The minimum Gasteiger partial charge on any atom is -0.369 e. The summed E-state index contributed by atoms with van der Waals surface area (Å²) < 4.78 is 19.0. The maximum absolute atomic E-state index is 13.2.